The molecule has 0 aromatic heterocycles. The van der Waals surface area contributed by atoms with Gasteiger partial charge in [0.2, 0.25) is 0 Å². The summed E-state index contributed by atoms with van der Waals surface area (Å²) in [5.41, 5.74) is 7.08. The van der Waals surface area contributed by atoms with Crippen LogP contribution in [0.2, 0.25) is 5.02 Å². The Morgan fingerprint density at radius 3 is 2.33 bits per heavy atom. The van der Waals surface area contributed by atoms with Crippen molar-refractivity contribution < 1.29 is 18.3 Å². The minimum absolute atomic E-state index is 0.386. The van der Waals surface area contributed by atoms with Gasteiger partial charge >= 0.3 is 0 Å². The summed E-state index contributed by atoms with van der Waals surface area (Å²) in [7, 11) is 0. The molecule has 2 N–H and O–H groups in total. The van der Waals surface area contributed by atoms with Crippen molar-refractivity contribution in [1.82, 2.24) is 0 Å². The number of ether oxygens (including phenoxy) is 2. The van der Waals surface area contributed by atoms with Crippen LogP contribution in [0.4, 0.5) is 8.78 Å². The lowest BCUT2D eigenvalue weighted by Crippen LogP contribution is -2.17. The first-order valence-electron chi connectivity index (χ1n) is 6.36. The highest BCUT2D eigenvalue weighted by molar-refractivity contribution is 6.31. The number of hydrogen-bond donors (Lipinski definition) is 1. The van der Waals surface area contributed by atoms with Crippen LogP contribution in [0.5, 0.6) is 11.5 Å². The van der Waals surface area contributed by atoms with E-state index < -0.39 is 17.7 Å². The molecule has 1 aliphatic rings. The van der Waals surface area contributed by atoms with Gasteiger partial charge < -0.3 is 15.2 Å². The molecule has 0 fully saturated rings. The van der Waals surface area contributed by atoms with Crippen LogP contribution in [0, 0.1) is 11.6 Å². The maximum absolute atomic E-state index is 13.3. The Morgan fingerprint density at radius 1 is 1.00 bits per heavy atom. The minimum atomic E-state index is -0.948. The normalized spacial score (nSPS) is 14.9. The van der Waals surface area contributed by atoms with Crippen LogP contribution in [-0.2, 0) is 0 Å². The second-order valence-electron chi connectivity index (χ2n) is 4.67. The van der Waals surface area contributed by atoms with Crippen LogP contribution < -0.4 is 15.2 Å². The van der Waals surface area contributed by atoms with Crippen molar-refractivity contribution in [2.75, 3.05) is 13.2 Å². The van der Waals surface area contributed by atoms with Crippen LogP contribution in [0.1, 0.15) is 17.2 Å². The fourth-order valence-corrected chi connectivity index (χ4v) is 2.47. The predicted octanol–water partition coefficient (Wildman–Crippen LogP) is 3.44. The number of nitrogens with two attached hydrogens (primary N) is 1. The fraction of sp³-hybridized carbons (Fsp3) is 0.200. The van der Waals surface area contributed by atoms with E-state index in [2.05, 4.69) is 0 Å². The topological polar surface area (TPSA) is 44.5 Å². The smallest absolute Gasteiger partial charge is 0.162 e. The molecular weight excluding hydrogens is 300 g/mol. The first kappa shape index (κ1) is 14.1. The maximum Gasteiger partial charge on any atom is 0.162 e. The third-order valence-corrected chi connectivity index (χ3v) is 3.63. The second kappa shape index (κ2) is 5.50. The van der Waals surface area contributed by atoms with Crippen molar-refractivity contribution >= 4 is 11.6 Å². The van der Waals surface area contributed by atoms with Gasteiger partial charge in [-0.2, -0.15) is 0 Å². The molecule has 6 heteroatoms. The molecule has 0 radical (unpaired) electrons. The zero-order valence-electron chi connectivity index (χ0n) is 10.9. The van der Waals surface area contributed by atoms with Gasteiger partial charge in [0.25, 0.3) is 0 Å². The van der Waals surface area contributed by atoms with Gasteiger partial charge in [-0.1, -0.05) is 17.7 Å². The summed E-state index contributed by atoms with van der Waals surface area (Å²) >= 11 is 6.19. The van der Waals surface area contributed by atoms with E-state index in [1.54, 1.807) is 12.1 Å². The van der Waals surface area contributed by atoms with Crippen molar-refractivity contribution in [1.29, 1.82) is 0 Å². The zero-order valence-corrected chi connectivity index (χ0v) is 11.7. The van der Waals surface area contributed by atoms with E-state index in [-0.39, 0.29) is 0 Å². The van der Waals surface area contributed by atoms with Crippen molar-refractivity contribution in [3.05, 3.63) is 58.1 Å². The Balaban J connectivity index is 2.00. The summed E-state index contributed by atoms with van der Waals surface area (Å²) < 4.78 is 37.2. The average molecular weight is 312 g/mol. The molecule has 3 nitrogen and oxygen atoms in total. The minimum Gasteiger partial charge on any atom is -0.486 e. The molecule has 21 heavy (non-hydrogen) atoms. The van der Waals surface area contributed by atoms with Crippen molar-refractivity contribution in [3.63, 3.8) is 0 Å². The highest BCUT2D eigenvalue weighted by Crippen LogP contribution is 2.38. The van der Waals surface area contributed by atoms with E-state index >= 15 is 0 Å². The van der Waals surface area contributed by atoms with E-state index in [1.165, 1.54) is 6.07 Å². The molecule has 3 rings (SSSR count). The number of halogens is 3. The number of hydrogen-bond acceptors (Lipinski definition) is 3. The van der Waals surface area contributed by atoms with Crippen molar-refractivity contribution in [3.8, 4) is 11.5 Å². The summed E-state index contributed by atoms with van der Waals surface area (Å²) in [4.78, 5) is 0. The molecule has 1 unspecified atom stereocenters. The molecule has 0 bridgehead atoms. The quantitative estimate of drug-likeness (QED) is 0.924. The molecule has 2 aromatic carbocycles. The zero-order chi connectivity index (χ0) is 15.0. The van der Waals surface area contributed by atoms with Gasteiger partial charge in [-0.15, -0.1) is 0 Å². The fourth-order valence-electron chi connectivity index (χ4n) is 2.20. The summed E-state index contributed by atoms with van der Waals surface area (Å²) in [6.07, 6.45) is 0. The Kier molecular flexibility index (Phi) is 3.69. The number of rotatable bonds is 2. The summed E-state index contributed by atoms with van der Waals surface area (Å²) in [6, 6.07) is 6.12. The third kappa shape index (κ3) is 2.66. The van der Waals surface area contributed by atoms with E-state index in [1.807, 2.05) is 0 Å². The summed E-state index contributed by atoms with van der Waals surface area (Å²) in [5.74, 6) is -0.776. The predicted molar refractivity (Wildman–Crippen MR) is 74.8 cm³/mol. The Bertz CT molecular complexity index is 694. The molecule has 2 aromatic rings. The molecule has 1 heterocycles. The van der Waals surface area contributed by atoms with E-state index in [4.69, 9.17) is 26.8 Å². The molecule has 1 aliphatic heterocycles. The Hall–Kier alpha value is -1.85. The highest BCUT2D eigenvalue weighted by Gasteiger charge is 2.20. The SMILES string of the molecule is NC(c1ccc(F)c(F)c1)c1cc2c(cc1Cl)OCCO2. The van der Waals surface area contributed by atoms with E-state index in [0.29, 0.717) is 40.9 Å². The largest absolute Gasteiger partial charge is 0.486 e. The number of benzene rings is 2. The first-order chi connectivity index (χ1) is 10.1. The van der Waals surface area contributed by atoms with Crippen LogP contribution in [0.3, 0.4) is 0 Å². The van der Waals surface area contributed by atoms with Gasteiger partial charge in [0.15, 0.2) is 23.1 Å². The molecule has 110 valence electrons. The first-order valence-corrected chi connectivity index (χ1v) is 6.73. The van der Waals surface area contributed by atoms with E-state index in [0.717, 1.165) is 12.1 Å². The lowest BCUT2D eigenvalue weighted by molar-refractivity contribution is 0.171. The lowest BCUT2D eigenvalue weighted by Gasteiger charge is -2.22. The molecule has 0 aliphatic carbocycles. The van der Waals surface area contributed by atoms with Crippen molar-refractivity contribution in [2.45, 2.75) is 6.04 Å². The number of fused-ring (bicyclic) bond motifs is 1. The Labute approximate surface area is 125 Å². The van der Waals surface area contributed by atoms with Gasteiger partial charge in [0.1, 0.15) is 13.2 Å². The van der Waals surface area contributed by atoms with Crippen LogP contribution in [-0.4, -0.2) is 13.2 Å². The second-order valence-corrected chi connectivity index (χ2v) is 5.08. The molecule has 1 atom stereocenters. The van der Waals surface area contributed by atoms with E-state index in [9.17, 15) is 8.78 Å². The molecule has 0 saturated carbocycles. The molecule has 0 spiro atoms. The summed E-state index contributed by atoms with van der Waals surface area (Å²) in [5, 5.41) is 0.386. The van der Waals surface area contributed by atoms with Crippen molar-refractivity contribution in [2.24, 2.45) is 5.73 Å². The summed E-state index contributed by atoms with van der Waals surface area (Å²) in [6.45, 7) is 0.895. The van der Waals surface area contributed by atoms with Gasteiger partial charge in [0, 0.05) is 11.1 Å². The maximum atomic E-state index is 13.3. The molecule has 0 saturated heterocycles. The van der Waals surface area contributed by atoms with Gasteiger partial charge in [-0.3, -0.25) is 0 Å². The Morgan fingerprint density at radius 2 is 1.67 bits per heavy atom. The highest BCUT2D eigenvalue weighted by atomic mass is 35.5. The monoisotopic (exact) mass is 311 g/mol. The average Bonchev–Trinajstić information content (AvgIpc) is 2.48. The van der Waals surface area contributed by atoms with Crippen LogP contribution in [0.25, 0.3) is 0 Å². The standard InChI is InChI=1S/C15H12ClF2NO2/c16-10-7-14-13(20-3-4-21-14)6-9(10)15(19)8-1-2-11(17)12(18)5-8/h1-2,5-7,15H,3-4,19H2. The van der Waals surface area contributed by atoms with Gasteiger partial charge in [-0.25, -0.2) is 8.78 Å². The molecule has 0 amide bonds. The van der Waals surface area contributed by atoms with Gasteiger partial charge in [0.05, 0.1) is 6.04 Å². The van der Waals surface area contributed by atoms with Gasteiger partial charge in [-0.05, 0) is 29.3 Å². The lowest BCUT2D eigenvalue weighted by atomic mass is 9.98. The van der Waals surface area contributed by atoms with Crippen LogP contribution in [0.15, 0.2) is 30.3 Å². The molecular formula is C15H12ClF2NO2. The van der Waals surface area contributed by atoms with Crippen LogP contribution >= 0.6 is 11.6 Å². The third-order valence-electron chi connectivity index (χ3n) is 3.30.